The maximum atomic E-state index is 11.6. The summed E-state index contributed by atoms with van der Waals surface area (Å²) in [6, 6.07) is 0. The zero-order chi connectivity index (χ0) is 16.7. The first-order chi connectivity index (χ1) is 10.9. The molecule has 0 radical (unpaired) electrons. The third-order valence-corrected chi connectivity index (χ3v) is 4.35. The Morgan fingerprint density at radius 1 is 1.35 bits per heavy atom. The van der Waals surface area contributed by atoms with Gasteiger partial charge in [-0.15, -0.1) is 0 Å². The van der Waals surface area contributed by atoms with Crippen LogP contribution in [-0.4, -0.2) is 27.8 Å². The van der Waals surface area contributed by atoms with Crippen molar-refractivity contribution in [1.29, 1.82) is 0 Å². The third kappa shape index (κ3) is 6.63. The first-order valence-corrected chi connectivity index (χ1v) is 8.90. The summed E-state index contributed by atoms with van der Waals surface area (Å²) in [4.78, 5) is 15.9. The lowest BCUT2D eigenvalue weighted by molar-refractivity contribution is 0.0528. The molecule has 0 aromatic carbocycles. The van der Waals surface area contributed by atoms with E-state index in [1.165, 1.54) is 44.2 Å². The highest BCUT2D eigenvalue weighted by Crippen LogP contribution is 2.26. The molecule has 130 valence electrons. The molecule has 1 aromatic heterocycles. The molecule has 0 atom stereocenters. The van der Waals surface area contributed by atoms with E-state index in [9.17, 15) is 4.79 Å². The zero-order valence-electron chi connectivity index (χ0n) is 14.8. The van der Waals surface area contributed by atoms with Crippen LogP contribution in [0.25, 0.3) is 0 Å². The maximum Gasteiger partial charge on any atom is 0.407 e. The molecule has 0 spiro atoms. The van der Waals surface area contributed by atoms with Crippen molar-refractivity contribution >= 4 is 6.09 Å². The number of aryl methyl sites for hydroxylation is 1. The van der Waals surface area contributed by atoms with Crippen LogP contribution in [0.5, 0.6) is 0 Å². The van der Waals surface area contributed by atoms with Crippen LogP contribution >= 0.6 is 0 Å². The van der Waals surface area contributed by atoms with Crippen LogP contribution in [0.3, 0.4) is 0 Å². The van der Waals surface area contributed by atoms with Crippen LogP contribution in [0.4, 0.5) is 4.79 Å². The molecule has 1 aromatic rings. The Bertz CT molecular complexity index is 485. The minimum Gasteiger partial charge on any atom is -0.444 e. The molecule has 5 heteroatoms. The van der Waals surface area contributed by atoms with Gasteiger partial charge in [0.15, 0.2) is 0 Å². The number of hydrogen-bond acceptors (Lipinski definition) is 3. The van der Waals surface area contributed by atoms with Crippen molar-refractivity contribution in [3.8, 4) is 0 Å². The Labute approximate surface area is 139 Å². The van der Waals surface area contributed by atoms with Gasteiger partial charge in [0.05, 0.1) is 6.33 Å². The fraction of sp³-hybridized carbons (Fsp3) is 0.778. The third-order valence-electron chi connectivity index (χ3n) is 4.35. The SMILES string of the molecule is CC(C)(C)OC(=O)NCCc1cncn1CCC1CCCCC1. The molecule has 23 heavy (non-hydrogen) atoms. The Morgan fingerprint density at radius 3 is 2.78 bits per heavy atom. The summed E-state index contributed by atoms with van der Waals surface area (Å²) in [5.74, 6) is 0.874. The molecular weight excluding hydrogens is 290 g/mol. The van der Waals surface area contributed by atoms with Crippen LogP contribution in [-0.2, 0) is 17.7 Å². The van der Waals surface area contributed by atoms with Gasteiger partial charge in [-0.25, -0.2) is 9.78 Å². The van der Waals surface area contributed by atoms with E-state index in [1.807, 2.05) is 33.3 Å². The first kappa shape index (κ1) is 17.8. The number of nitrogens with zero attached hydrogens (tertiary/aromatic N) is 2. The molecular formula is C18H31N3O2. The molecule has 5 nitrogen and oxygen atoms in total. The Balaban J connectivity index is 1.71. The van der Waals surface area contributed by atoms with Gasteiger partial charge in [0.1, 0.15) is 5.60 Å². The Morgan fingerprint density at radius 2 is 2.09 bits per heavy atom. The van der Waals surface area contributed by atoms with Crippen LogP contribution in [0.15, 0.2) is 12.5 Å². The van der Waals surface area contributed by atoms with Crippen molar-refractivity contribution in [2.75, 3.05) is 6.54 Å². The number of rotatable bonds is 6. The number of carbonyl (C=O) groups is 1. The fourth-order valence-corrected chi connectivity index (χ4v) is 3.16. The van der Waals surface area contributed by atoms with E-state index in [-0.39, 0.29) is 6.09 Å². The van der Waals surface area contributed by atoms with Gasteiger partial charge in [-0.05, 0) is 33.1 Å². The second-order valence-electron chi connectivity index (χ2n) is 7.55. The smallest absolute Gasteiger partial charge is 0.407 e. The summed E-state index contributed by atoms with van der Waals surface area (Å²) in [6.07, 6.45) is 12.4. The van der Waals surface area contributed by atoms with Gasteiger partial charge in [-0.2, -0.15) is 0 Å². The zero-order valence-corrected chi connectivity index (χ0v) is 14.8. The van der Waals surface area contributed by atoms with Crippen molar-refractivity contribution in [3.63, 3.8) is 0 Å². The molecule has 0 aliphatic heterocycles. The van der Waals surface area contributed by atoms with E-state index < -0.39 is 5.60 Å². The largest absolute Gasteiger partial charge is 0.444 e. The molecule has 1 aliphatic rings. The van der Waals surface area contributed by atoms with Crippen LogP contribution in [0.2, 0.25) is 0 Å². The summed E-state index contributed by atoms with van der Waals surface area (Å²) in [5.41, 5.74) is 0.725. The van der Waals surface area contributed by atoms with Crippen molar-refractivity contribution in [2.24, 2.45) is 5.92 Å². The highest BCUT2D eigenvalue weighted by Gasteiger charge is 2.16. The maximum absolute atomic E-state index is 11.6. The van der Waals surface area contributed by atoms with Gasteiger partial charge in [-0.1, -0.05) is 32.1 Å². The highest BCUT2D eigenvalue weighted by molar-refractivity contribution is 5.67. The average molecular weight is 321 g/mol. The van der Waals surface area contributed by atoms with Crippen molar-refractivity contribution in [1.82, 2.24) is 14.9 Å². The number of aromatic nitrogens is 2. The molecule has 1 heterocycles. The van der Waals surface area contributed by atoms with Gasteiger partial charge in [-0.3, -0.25) is 0 Å². The number of nitrogens with one attached hydrogen (secondary N) is 1. The second kappa shape index (κ2) is 8.37. The van der Waals surface area contributed by atoms with Gasteiger partial charge in [0.25, 0.3) is 0 Å². The number of carbonyl (C=O) groups excluding carboxylic acids is 1. The topological polar surface area (TPSA) is 56.1 Å². The molecule has 1 amide bonds. The minimum absolute atomic E-state index is 0.356. The van der Waals surface area contributed by atoms with Gasteiger partial charge < -0.3 is 14.6 Å². The lowest BCUT2D eigenvalue weighted by atomic mass is 9.87. The molecule has 1 fully saturated rings. The predicted molar refractivity (Wildman–Crippen MR) is 91.4 cm³/mol. The molecule has 0 unspecified atom stereocenters. The monoisotopic (exact) mass is 321 g/mol. The Kier molecular flexibility index (Phi) is 6.48. The van der Waals surface area contributed by atoms with E-state index >= 15 is 0 Å². The van der Waals surface area contributed by atoms with E-state index in [4.69, 9.17) is 4.74 Å². The normalized spacial score (nSPS) is 16.3. The number of alkyl carbamates (subject to hydrolysis) is 1. The molecule has 0 bridgehead atoms. The first-order valence-electron chi connectivity index (χ1n) is 8.90. The minimum atomic E-state index is -0.453. The lowest BCUT2D eigenvalue weighted by Gasteiger charge is -2.22. The Hall–Kier alpha value is -1.52. The number of amides is 1. The average Bonchev–Trinajstić information content (AvgIpc) is 2.92. The summed E-state index contributed by atoms with van der Waals surface area (Å²) in [6.45, 7) is 7.21. The van der Waals surface area contributed by atoms with Crippen molar-refractivity contribution in [3.05, 3.63) is 18.2 Å². The molecule has 1 aliphatic carbocycles. The number of imidazole rings is 1. The van der Waals surface area contributed by atoms with E-state index in [2.05, 4.69) is 14.9 Å². The van der Waals surface area contributed by atoms with Crippen LogP contribution in [0, 0.1) is 5.92 Å². The van der Waals surface area contributed by atoms with Gasteiger partial charge in [0, 0.05) is 31.4 Å². The molecule has 1 N–H and O–H groups in total. The number of ether oxygens (including phenoxy) is 1. The second-order valence-corrected chi connectivity index (χ2v) is 7.55. The van der Waals surface area contributed by atoms with Gasteiger partial charge in [0.2, 0.25) is 0 Å². The fourth-order valence-electron chi connectivity index (χ4n) is 3.16. The number of hydrogen-bond donors (Lipinski definition) is 1. The van der Waals surface area contributed by atoms with Crippen LogP contribution < -0.4 is 5.32 Å². The van der Waals surface area contributed by atoms with E-state index in [1.54, 1.807) is 0 Å². The van der Waals surface area contributed by atoms with Crippen LogP contribution in [0.1, 0.15) is 65.0 Å². The molecule has 1 saturated carbocycles. The highest BCUT2D eigenvalue weighted by atomic mass is 16.6. The summed E-state index contributed by atoms with van der Waals surface area (Å²) >= 11 is 0. The molecule has 2 rings (SSSR count). The van der Waals surface area contributed by atoms with E-state index in [0.29, 0.717) is 6.54 Å². The predicted octanol–water partition coefficient (Wildman–Crippen LogP) is 3.92. The van der Waals surface area contributed by atoms with Crippen molar-refractivity contribution in [2.45, 2.75) is 77.9 Å². The molecule has 0 saturated heterocycles. The van der Waals surface area contributed by atoms with Crippen molar-refractivity contribution < 1.29 is 9.53 Å². The standard InChI is InChI=1S/C18H31N3O2/c1-18(2,3)23-17(22)20-11-9-16-13-19-14-21(16)12-10-15-7-5-4-6-8-15/h13-15H,4-12H2,1-3H3,(H,20,22). The summed E-state index contributed by atoms with van der Waals surface area (Å²) < 4.78 is 7.47. The summed E-state index contributed by atoms with van der Waals surface area (Å²) in [5, 5.41) is 2.81. The van der Waals surface area contributed by atoms with Gasteiger partial charge >= 0.3 is 6.09 Å². The summed E-state index contributed by atoms with van der Waals surface area (Å²) in [7, 11) is 0. The quantitative estimate of drug-likeness (QED) is 0.864. The lowest BCUT2D eigenvalue weighted by Crippen LogP contribution is -2.33. The van der Waals surface area contributed by atoms with E-state index in [0.717, 1.165) is 18.9 Å².